The molecule has 2 N–H and O–H groups in total. The SMILES string of the molecule is CCCCCCNC(=O)C(=O)N[C@H](CC(C)C)C(=O)OC.[HH].[HH]. The van der Waals surface area contributed by atoms with Crippen molar-refractivity contribution in [2.24, 2.45) is 5.92 Å². The summed E-state index contributed by atoms with van der Waals surface area (Å²) in [6.45, 7) is 6.43. The number of nitrogens with one attached hydrogen (secondary N) is 2. The van der Waals surface area contributed by atoms with Crippen molar-refractivity contribution in [1.82, 2.24) is 10.6 Å². The Morgan fingerprint density at radius 2 is 1.76 bits per heavy atom. The van der Waals surface area contributed by atoms with Crippen molar-refractivity contribution in [3.63, 3.8) is 0 Å². The van der Waals surface area contributed by atoms with E-state index in [4.69, 9.17) is 0 Å². The van der Waals surface area contributed by atoms with Gasteiger partial charge in [0, 0.05) is 9.40 Å². The first-order valence-electron chi connectivity index (χ1n) is 7.58. The molecule has 0 heterocycles. The van der Waals surface area contributed by atoms with Gasteiger partial charge in [-0.3, -0.25) is 9.59 Å². The molecule has 0 saturated carbocycles. The van der Waals surface area contributed by atoms with E-state index in [0.29, 0.717) is 13.0 Å². The Hall–Kier alpha value is -1.59. The molecular weight excluding hydrogens is 272 g/mol. The van der Waals surface area contributed by atoms with Gasteiger partial charge in [0.2, 0.25) is 0 Å². The van der Waals surface area contributed by atoms with Gasteiger partial charge in [0.15, 0.2) is 0 Å². The molecule has 0 aromatic rings. The molecule has 0 saturated heterocycles. The largest absolute Gasteiger partial charge is 0.467 e. The number of hydrogen-bond acceptors (Lipinski definition) is 4. The Morgan fingerprint density at radius 1 is 1.10 bits per heavy atom. The third kappa shape index (κ3) is 9.05. The van der Waals surface area contributed by atoms with Gasteiger partial charge in [0.25, 0.3) is 0 Å². The summed E-state index contributed by atoms with van der Waals surface area (Å²) in [7, 11) is 1.26. The van der Waals surface area contributed by atoms with E-state index in [-0.39, 0.29) is 8.77 Å². The summed E-state index contributed by atoms with van der Waals surface area (Å²) in [6, 6.07) is -0.784. The molecule has 0 aromatic heterocycles. The fourth-order valence-electron chi connectivity index (χ4n) is 1.89. The Labute approximate surface area is 130 Å². The molecule has 0 bridgehead atoms. The second-order valence-corrected chi connectivity index (χ2v) is 5.50. The number of ether oxygens (including phenoxy) is 1. The third-order valence-electron chi connectivity index (χ3n) is 3.02. The van der Waals surface area contributed by atoms with Crippen LogP contribution in [0.5, 0.6) is 0 Å². The van der Waals surface area contributed by atoms with Crippen LogP contribution in [0.15, 0.2) is 0 Å². The van der Waals surface area contributed by atoms with Crippen molar-refractivity contribution < 1.29 is 22.0 Å². The molecule has 0 aromatic carbocycles. The fraction of sp³-hybridized carbons (Fsp3) is 0.800. The van der Waals surface area contributed by atoms with Gasteiger partial charge in [-0.05, 0) is 18.8 Å². The van der Waals surface area contributed by atoms with Crippen LogP contribution in [0.4, 0.5) is 0 Å². The monoisotopic (exact) mass is 304 g/mol. The van der Waals surface area contributed by atoms with E-state index in [1.807, 2.05) is 13.8 Å². The van der Waals surface area contributed by atoms with E-state index in [9.17, 15) is 14.4 Å². The standard InChI is InChI=1S/C15H28N2O4.2H2/c1-5-6-7-8-9-16-13(18)14(19)17-12(10-11(2)3)15(20)21-4;;/h11-12H,5-10H2,1-4H3,(H,16,18)(H,17,19);2*1H/t12-;;/m1../s1. The minimum absolute atomic E-state index is 0. The lowest BCUT2D eigenvalue weighted by Crippen LogP contribution is -2.48. The summed E-state index contributed by atoms with van der Waals surface area (Å²) in [5.41, 5.74) is 0. The van der Waals surface area contributed by atoms with E-state index in [2.05, 4.69) is 22.3 Å². The average Bonchev–Trinajstić information content (AvgIpc) is 2.44. The quantitative estimate of drug-likeness (QED) is 0.387. The number of hydrogen-bond donors (Lipinski definition) is 2. The first-order chi connectivity index (χ1) is 9.92. The van der Waals surface area contributed by atoms with Crippen molar-refractivity contribution in [3.8, 4) is 0 Å². The Kier molecular flexibility index (Phi) is 10.3. The highest BCUT2D eigenvalue weighted by molar-refractivity contribution is 6.35. The lowest BCUT2D eigenvalue weighted by Gasteiger charge is -2.17. The zero-order valence-corrected chi connectivity index (χ0v) is 13.5. The molecule has 0 fully saturated rings. The van der Waals surface area contributed by atoms with Crippen molar-refractivity contribution in [2.75, 3.05) is 13.7 Å². The van der Waals surface area contributed by atoms with Crippen LogP contribution < -0.4 is 10.6 Å². The first-order valence-corrected chi connectivity index (χ1v) is 7.58. The summed E-state index contributed by atoms with van der Waals surface area (Å²) < 4.78 is 4.63. The molecule has 0 aliphatic heterocycles. The molecule has 0 aliphatic carbocycles. The average molecular weight is 304 g/mol. The molecule has 6 nitrogen and oxygen atoms in total. The van der Waals surface area contributed by atoms with Crippen LogP contribution >= 0.6 is 0 Å². The van der Waals surface area contributed by atoms with Gasteiger partial charge >= 0.3 is 17.8 Å². The Bertz CT molecular complexity index is 352. The lowest BCUT2D eigenvalue weighted by molar-refractivity contribution is -0.147. The minimum atomic E-state index is -0.790. The van der Waals surface area contributed by atoms with Gasteiger partial charge in [-0.25, -0.2) is 4.79 Å². The van der Waals surface area contributed by atoms with Gasteiger partial charge in [0.1, 0.15) is 6.04 Å². The lowest BCUT2D eigenvalue weighted by atomic mass is 10.0. The topological polar surface area (TPSA) is 84.5 Å². The highest BCUT2D eigenvalue weighted by atomic mass is 16.5. The van der Waals surface area contributed by atoms with E-state index >= 15 is 0 Å². The normalized spacial score (nSPS) is 11.9. The van der Waals surface area contributed by atoms with Crippen LogP contribution in [0.2, 0.25) is 0 Å². The molecule has 126 valence electrons. The van der Waals surface area contributed by atoms with E-state index in [0.717, 1.165) is 25.7 Å². The van der Waals surface area contributed by atoms with E-state index < -0.39 is 23.8 Å². The smallest absolute Gasteiger partial charge is 0.328 e. The second-order valence-electron chi connectivity index (χ2n) is 5.50. The molecule has 0 aliphatic rings. The summed E-state index contributed by atoms with van der Waals surface area (Å²) in [6.07, 6.45) is 4.53. The fourth-order valence-corrected chi connectivity index (χ4v) is 1.89. The minimum Gasteiger partial charge on any atom is -0.467 e. The number of amides is 2. The van der Waals surface area contributed by atoms with Crippen LogP contribution in [-0.4, -0.2) is 37.5 Å². The molecule has 1 atom stereocenters. The molecule has 6 heteroatoms. The Balaban J connectivity index is -0.00000200. The maximum absolute atomic E-state index is 11.7. The number of esters is 1. The highest BCUT2D eigenvalue weighted by Crippen LogP contribution is 2.06. The molecule has 21 heavy (non-hydrogen) atoms. The highest BCUT2D eigenvalue weighted by Gasteiger charge is 2.25. The summed E-state index contributed by atoms with van der Waals surface area (Å²) in [5, 5.41) is 4.98. The number of unbranched alkanes of at least 4 members (excludes halogenated alkanes) is 3. The van der Waals surface area contributed by atoms with E-state index in [1.54, 1.807) is 0 Å². The Morgan fingerprint density at radius 3 is 2.29 bits per heavy atom. The summed E-state index contributed by atoms with van der Waals surface area (Å²) in [5.74, 6) is -1.83. The summed E-state index contributed by atoms with van der Waals surface area (Å²) in [4.78, 5) is 34.9. The maximum Gasteiger partial charge on any atom is 0.328 e. The van der Waals surface area contributed by atoms with Crippen LogP contribution in [0, 0.1) is 5.92 Å². The molecule has 0 spiro atoms. The van der Waals surface area contributed by atoms with Crippen LogP contribution in [0.3, 0.4) is 0 Å². The molecule has 0 unspecified atom stereocenters. The predicted octanol–water partition coefficient (Wildman–Crippen LogP) is 1.88. The van der Waals surface area contributed by atoms with Crippen molar-refractivity contribution >= 4 is 17.8 Å². The van der Waals surface area contributed by atoms with Gasteiger partial charge in [-0.2, -0.15) is 0 Å². The number of rotatable bonds is 9. The maximum atomic E-state index is 11.7. The predicted molar refractivity (Wildman–Crippen MR) is 84.8 cm³/mol. The number of carbonyl (C=O) groups is 3. The molecular formula is C15H32N2O4. The second kappa shape index (κ2) is 11.1. The molecule has 2 amide bonds. The van der Waals surface area contributed by atoms with Gasteiger partial charge in [-0.15, -0.1) is 0 Å². The van der Waals surface area contributed by atoms with E-state index in [1.165, 1.54) is 7.11 Å². The number of carbonyl (C=O) groups excluding carboxylic acids is 3. The summed E-state index contributed by atoms with van der Waals surface area (Å²) >= 11 is 0. The van der Waals surface area contributed by atoms with Crippen molar-refractivity contribution in [2.45, 2.75) is 58.9 Å². The first kappa shape index (κ1) is 19.4. The van der Waals surface area contributed by atoms with Crippen molar-refractivity contribution in [3.05, 3.63) is 0 Å². The van der Waals surface area contributed by atoms with Crippen LogP contribution in [0.25, 0.3) is 0 Å². The van der Waals surface area contributed by atoms with Crippen LogP contribution in [0.1, 0.15) is 55.7 Å². The van der Waals surface area contributed by atoms with Gasteiger partial charge < -0.3 is 15.4 Å². The molecule has 0 radical (unpaired) electrons. The van der Waals surface area contributed by atoms with Gasteiger partial charge in [-0.1, -0.05) is 40.0 Å². The molecule has 0 rings (SSSR count). The zero-order valence-electron chi connectivity index (χ0n) is 13.5. The third-order valence-corrected chi connectivity index (χ3v) is 3.02. The van der Waals surface area contributed by atoms with Gasteiger partial charge in [0.05, 0.1) is 7.11 Å². The number of methoxy groups -OCH3 is 1. The van der Waals surface area contributed by atoms with Crippen LogP contribution in [-0.2, 0) is 19.1 Å². The zero-order chi connectivity index (χ0) is 16.3. The van der Waals surface area contributed by atoms with Crippen molar-refractivity contribution in [1.29, 1.82) is 0 Å².